The van der Waals surface area contributed by atoms with Crippen LogP contribution in [0.5, 0.6) is 0 Å². The minimum Gasteiger partial charge on any atom is -0.481 e. The van der Waals surface area contributed by atoms with Crippen molar-refractivity contribution in [1.29, 1.82) is 0 Å². The van der Waals surface area contributed by atoms with Crippen LogP contribution in [0.2, 0.25) is 0 Å². The first kappa shape index (κ1) is 15.8. The Kier molecular flexibility index (Phi) is 5.17. The highest BCUT2D eigenvalue weighted by atomic mass is 16.5. The van der Waals surface area contributed by atoms with E-state index in [1.165, 1.54) is 0 Å². The molecule has 1 saturated carbocycles. The zero-order valence-corrected chi connectivity index (χ0v) is 11.9. The van der Waals surface area contributed by atoms with Gasteiger partial charge in [-0.15, -0.1) is 0 Å². The number of methoxy groups -OCH3 is 1. The van der Waals surface area contributed by atoms with Crippen molar-refractivity contribution in [2.45, 2.75) is 57.1 Å². The fourth-order valence-corrected chi connectivity index (χ4v) is 2.10. The number of carbonyl (C=O) groups excluding carboxylic acids is 1. The fraction of sp³-hybridized carbons (Fsp3) is 0.846. The van der Waals surface area contributed by atoms with Crippen molar-refractivity contribution in [1.82, 2.24) is 10.6 Å². The Bertz CT molecular complexity index is 332. The molecule has 0 aromatic heterocycles. The van der Waals surface area contributed by atoms with Crippen molar-refractivity contribution in [2.75, 3.05) is 13.7 Å². The molecule has 3 N–H and O–H groups in total. The van der Waals surface area contributed by atoms with Crippen LogP contribution in [0.15, 0.2) is 0 Å². The molecule has 110 valence electrons. The van der Waals surface area contributed by atoms with E-state index in [2.05, 4.69) is 10.6 Å². The highest BCUT2D eigenvalue weighted by Gasteiger charge is 2.37. The summed E-state index contributed by atoms with van der Waals surface area (Å²) in [5, 5.41) is 14.2. The minimum atomic E-state index is -0.858. The second-order valence-electron chi connectivity index (χ2n) is 5.83. The number of rotatable bonds is 7. The van der Waals surface area contributed by atoms with E-state index in [9.17, 15) is 9.59 Å². The molecule has 0 atom stereocenters. The molecular weight excluding hydrogens is 248 g/mol. The van der Waals surface area contributed by atoms with E-state index >= 15 is 0 Å². The second-order valence-corrected chi connectivity index (χ2v) is 5.83. The highest BCUT2D eigenvalue weighted by molar-refractivity contribution is 5.75. The molecule has 1 aliphatic rings. The van der Waals surface area contributed by atoms with Gasteiger partial charge >= 0.3 is 12.0 Å². The summed E-state index contributed by atoms with van der Waals surface area (Å²) in [6.45, 7) is 4.11. The average Bonchev–Trinajstić information content (AvgIpc) is 2.25. The van der Waals surface area contributed by atoms with Crippen molar-refractivity contribution in [2.24, 2.45) is 0 Å². The number of carboxylic acid groups (broad SMARTS) is 1. The monoisotopic (exact) mass is 272 g/mol. The van der Waals surface area contributed by atoms with Gasteiger partial charge in [0.15, 0.2) is 0 Å². The van der Waals surface area contributed by atoms with Crippen molar-refractivity contribution >= 4 is 12.0 Å². The van der Waals surface area contributed by atoms with Crippen molar-refractivity contribution < 1.29 is 19.4 Å². The topological polar surface area (TPSA) is 87.7 Å². The van der Waals surface area contributed by atoms with Gasteiger partial charge in [-0.1, -0.05) is 0 Å². The van der Waals surface area contributed by atoms with Gasteiger partial charge in [-0.3, -0.25) is 4.79 Å². The Morgan fingerprint density at radius 3 is 2.42 bits per heavy atom. The van der Waals surface area contributed by atoms with Gasteiger partial charge in [-0.05, 0) is 39.5 Å². The quantitative estimate of drug-likeness (QED) is 0.655. The molecule has 1 aliphatic carbocycles. The number of nitrogens with one attached hydrogen (secondary N) is 2. The predicted molar refractivity (Wildman–Crippen MR) is 71.1 cm³/mol. The Morgan fingerprint density at radius 1 is 1.37 bits per heavy atom. The van der Waals surface area contributed by atoms with E-state index in [-0.39, 0.29) is 18.1 Å². The van der Waals surface area contributed by atoms with Gasteiger partial charge in [0.05, 0.1) is 5.60 Å². The normalized spacial score (nSPS) is 17.4. The number of ether oxygens (including phenoxy) is 1. The van der Waals surface area contributed by atoms with Crippen molar-refractivity contribution in [3.8, 4) is 0 Å². The molecule has 6 heteroatoms. The van der Waals surface area contributed by atoms with Gasteiger partial charge in [0.1, 0.15) is 0 Å². The molecule has 0 aromatic carbocycles. The number of carbonyl (C=O) groups is 2. The standard InChI is InChI=1S/C13H24N2O4/c1-12(2,8-5-10(16)17)15-11(18)14-9-13(19-3)6-4-7-13/h4-9H2,1-3H3,(H,16,17)(H2,14,15,18). The van der Waals surface area contributed by atoms with Crippen molar-refractivity contribution in [3.63, 3.8) is 0 Å². The molecule has 0 saturated heterocycles. The first-order valence-corrected chi connectivity index (χ1v) is 6.62. The number of hydrogen-bond donors (Lipinski definition) is 3. The molecule has 0 radical (unpaired) electrons. The molecule has 6 nitrogen and oxygen atoms in total. The molecule has 0 unspecified atom stereocenters. The predicted octanol–water partition coefficient (Wildman–Crippen LogP) is 1.50. The first-order chi connectivity index (χ1) is 8.79. The van der Waals surface area contributed by atoms with Crippen LogP contribution in [0.3, 0.4) is 0 Å². The van der Waals surface area contributed by atoms with Crippen LogP contribution in [-0.4, -0.2) is 41.9 Å². The van der Waals surface area contributed by atoms with Gasteiger partial charge in [-0.25, -0.2) is 4.79 Å². The molecule has 0 aromatic rings. The second kappa shape index (κ2) is 6.23. The van der Waals surface area contributed by atoms with E-state index in [4.69, 9.17) is 9.84 Å². The van der Waals surface area contributed by atoms with Gasteiger partial charge in [-0.2, -0.15) is 0 Å². The lowest BCUT2D eigenvalue weighted by molar-refractivity contribution is -0.137. The number of aliphatic carboxylic acids is 1. The Morgan fingerprint density at radius 2 is 2.00 bits per heavy atom. The summed E-state index contributed by atoms with van der Waals surface area (Å²) in [6, 6.07) is -0.279. The summed E-state index contributed by atoms with van der Waals surface area (Å²) in [6.07, 6.45) is 3.49. The van der Waals surface area contributed by atoms with Crippen LogP contribution in [0.25, 0.3) is 0 Å². The Balaban J connectivity index is 2.31. The largest absolute Gasteiger partial charge is 0.481 e. The number of carboxylic acids is 1. The van der Waals surface area contributed by atoms with Gasteiger partial charge in [0, 0.05) is 25.6 Å². The lowest BCUT2D eigenvalue weighted by atomic mass is 9.80. The fourth-order valence-electron chi connectivity index (χ4n) is 2.10. The summed E-state index contributed by atoms with van der Waals surface area (Å²) in [4.78, 5) is 22.3. The third-order valence-corrected chi connectivity index (χ3v) is 3.68. The SMILES string of the molecule is COC1(CNC(=O)NC(C)(C)CCC(=O)O)CCC1. The Hall–Kier alpha value is -1.30. The highest BCUT2D eigenvalue weighted by Crippen LogP contribution is 2.34. The van der Waals surface area contributed by atoms with Crippen molar-refractivity contribution in [3.05, 3.63) is 0 Å². The van der Waals surface area contributed by atoms with Gasteiger partial charge in [0.25, 0.3) is 0 Å². The molecule has 0 bridgehead atoms. The van der Waals surface area contributed by atoms with Crippen LogP contribution in [-0.2, 0) is 9.53 Å². The van der Waals surface area contributed by atoms with E-state index in [1.54, 1.807) is 7.11 Å². The maximum atomic E-state index is 11.8. The molecule has 0 heterocycles. The van der Waals surface area contributed by atoms with E-state index in [0.717, 1.165) is 19.3 Å². The number of hydrogen-bond acceptors (Lipinski definition) is 3. The van der Waals surface area contributed by atoms with E-state index in [0.29, 0.717) is 13.0 Å². The lowest BCUT2D eigenvalue weighted by Gasteiger charge is -2.40. The van der Waals surface area contributed by atoms with Crippen LogP contribution in [0.1, 0.15) is 46.0 Å². The zero-order valence-electron chi connectivity index (χ0n) is 11.9. The summed E-state index contributed by atoms with van der Waals surface area (Å²) in [7, 11) is 1.66. The summed E-state index contributed by atoms with van der Waals surface area (Å²) in [5.41, 5.74) is -0.745. The van der Waals surface area contributed by atoms with Crippen LogP contribution in [0, 0.1) is 0 Å². The van der Waals surface area contributed by atoms with Gasteiger partial charge in [0.2, 0.25) is 0 Å². The minimum absolute atomic E-state index is 0.0370. The zero-order chi connectivity index (χ0) is 14.5. The number of urea groups is 1. The van der Waals surface area contributed by atoms with E-state index in [1.807, 2.05) is 13.8 Å². The van der Waals surface area contributed by atoms with E-state index < -0.39 is 11.5 Å². The molecule has 19 heavy (non-hydrogen) atoms. The third kappa shape index (κ3) is 5.06. The van der Waals surface area contributed by atoms with Crippen LogP contribution >= 0.6 is 0 Å². The Labute approximate surface area is 113 Å². The number of amides is 2. The smallest absolute Gasteiger partial charge is 0.315 e. The third-order valence-electron chi connectivity index (χ3n) is 3.68. The van der Waals surface area contributed by atoms with Crippen LogP contribution in [0.4, 0.5) is 4.79 Å². The average molecular weight is 272 g/mol. The molecular formula is C13H24N2O4. The molecule has 0 spiro atoms. The van der Waals surface area contributed by atoms with Gasteiger partial charge < -0.3 is 20.5 Å². The summed E-state index contributed by atoms with van der Waals surface area (Å²) >= 11 is 0. The molecule has 1 rings (SSSR count). The summed E-state index contributed by atoms with van der Waals surface area (Å²) in [5.74, 6) is -0.858. The van der Waals surface area contributed by atoms with Crippen LogP contribution < -0.4 is 10.6 Å². The first-order valence-electron chi connectivity index (χ1n) is 6.62. The maximum absolute atomic E-state index is 11.8. The lowest BCUT2D eigenvalue weighted by Crippen LogP contribution is -2.54. The molecule has 1 fully saturated rings. The summed E-state index contributed by atoms with van der Waals surface area (Å²) < 4.78 is 5.41. The molecule has 0 aliphatic heterocycles. The molecule has 2 amide bonds. The maximum Gasteiger partial charge on any atom is 0.315 e.